The molecule has 5 rings (SSSR count). The Bertz CT molecular complexity index is 1530. The minimum atomic E-state index is 0.00195. The van der Waals surface area contributed by atoms with Crippen LogP contribution in [0.3, 0.4) is 0 Å². The van der Waals surface area contributed by atoms with Crippen molar-refractivity contribution in [3.8, 4) is 22.3 Å². The summed E-state index contributed by atoms with van der Waals surface area (Å²) in [6.45, 7) is 5.22. The second kappa shape index (κ2) is 15.6. The fourth-order valence-electron chi connectivity index (χ4n) is 5.28. The van der Waals surface area contributed by atoms with E-state index in [9.17, 15) is 4.79 Å². The van der Waals surface area contributed by atoms with Gasteiger partial charge in [-0.1, -0.05) is 123 Å². The van der Waals surface area contributed by atoms with Crippen LogP contribution in [-0.2, 0) is 19.6 Å². The Kier molecular flexibility index (Phi) is 10.9. The van der Waals surface area contributed by atoms with Crippen LogP contribution in [0.15, 0.2) is 128 Å². The average Bonchev–Trinajstić information content (AvgIpc) is 3.07. The molecule has 4 aromatic carbocycles. The molecular weight excluding hydrogens is 526 g/mol. The minimum absolute atomic E-state index is 0.00195. The van der Waals surface area contributed by atoms with Crippen molar-refractivity contribution >= 4 is 5.91 Å². The highest BCUT2D eigenvalue weighted by Crippen LogP contribution is 2.23. The van der Waals surface area contributed by atoms with E-state index in [2.05, 4.69) is 77.9 Å². The predicted molar refractivity (Wildman–Crippen MR) is 177 cm³/mol. The fraction of sp³-hybridized carbons (Fsp3) is 0.231. The number of nitrogens with one attached hydrogen (secondary N) is 1. The fourth-order valence-corrected chi connectivity index (χ4v) is 5.28. The molecule has 0 bridgehead atoms. The van der Waals surface area contributed by atoms with Gasteiger partial charge in [-0.05, 0) is 70.1 Å². The molecular formula is C39H41N3O. The molecule has 0 spiro atoms. The topological polar surface area (TPSA) is 45.2 Å². The van der Waals surface area contributed by atoms with Crippen LogP contribution < -0.4 is 5.32 Å². The van der Waals surface area contributed by atoms with Crippen molar-refractivity contribution in [1.29, 1.82) is 0 Å². The third-order valence-electron chi connectivity index (χ3n) is 7.77. The zero-order valence-electron chi connectivity index (χ0n) is 25.1. The molecule has 4 nitrogen and oxygen atoms in total. The summed E-state index contributed by atoms with van der Waals surface area (Å²) in [5, 5.41) is 3.56. The molecule has 0 fully saturated rings. The number of unbranched alkanes of at least 4 members (excludes halogenated alkanes) is 3. The van der Waals surface area contributed by atoms with Gasteiger partial charge in [-0.25, -0.2) is 0 Å². The van der Waals surface area contributed by atoms with Gasteiger partial charge in [-0.3, -0.25) is 9.78 Å². The molecule has 4 heteroatoms. The second-order valence-corrected chi connectivity index (χ2v) is 11.1. The van der Waals surface area contributed by atoms with Crippen molar-refractivity contribution in [3.05, 3.63) is 150 Å². The van der Waals surface area contributed by atoms with E-state index >= 15 is 0 Å². The molecule has 0 aliphatic carbocycles. The van der Waals surface area contributed by atoms with Crippen molar-refractivity contribution in [3.63, 3.8) is 0 Å². The zero-order chi connectivity index (χ0) is 29.7. The van der Waals surface area contributed by atoms with Gasteiger partial charge in [0, 0.05) is 37.6 Å². The molecule has 1 N–H and O–H groups in total. The Morgan fingerprint density at radius 2 is 1.23 bits per heavy atom. The summed E-state index contributed by atoms with van der Waals surface area (Å²) in [5.74, 6) is 0.00195. The van der Waals surface area contributed by atoms with Crippen molar-refractivity contribution in [2.24, 2.45) is 0 Å². The number of pyridine rings is 1. The first kappa shape index (κ1) is 29.9. The number of hydrogen-bond donors (Lipinski definition) is 1. The third-order valence-corrected chi connectivity index (χ3v) is 7.77. The van der Waals surface area contributed by atoms with Gasteiger partial charge in [0.1, 0.15) is 0 Å². The van der Waals surface area contributed by atoms with E-state index in [0.29, 0.717) is 18.7 Å². The lowest BCUT2D eigenvalue weighted by Crippen LogP contribution is -2.30. The maximum atomic E-state index is 13.8. The molecule has 1 amide bonds. The number of amides is 1. The molecule has 5 aromatic rings. The number of rotatable bonds is 14. The van der Waals surface area contributed by atoms with Gasteiger partial charge in [0.2, 0.25) is 0 Å². The lowest BCUT2D eigenvalue weighted by Gasteiger charge is -2.23. The average molecular weight is 568 g/mol. The van der Waals surface area contributed by atoms with Gasteiger partial charge in [0.05, 0.1) is 0 Å². The predicted octanol–water partition coefficient (Wildman–Crippen LogP) is 8.93. The second-order valence-electron chi connectivity index (χ2n) is 11.1. The number of benzene rings is 4. The molecule has 0 atom stereocenters. The summed E-state index contributed by atoms with van der Waals surface area (Å²) in [7, 11) is 0. The van der Waals surface area contributed by atoms with Gasteiger partial charge in [0.15, 0.2) is 0 Å². The van der Waals surface area contributed by atoms with E-state index in [1.807, 2.05) is 65.7 Å². The standard InChI is InChI=1S/C39H41N3O/c1-2-3-4-8-25-40-27-31-13-17-35(18-14-31)36-19-15-32(16-20-36)29-42(30-33-10-9-26-41-28-33)39(43)38-23-21-37(22-24-38)34-11-6-5-7-12-34/h5-7,9-24,26,28,40H,2-4,8,25,27,29-30H2,1H3. The summed E-state index contributed by atoms with van der Waals surface area (Å²) >= 11 is 0. The Labute approximate surface area is 256 Å². The van der Waals surface area contributed by atoms with Gasteiger partial charge in [0.25, 0.3) is 5.91 Å². The van der Waals surface area contributed by atoms with Crippen LogP contribution in [0, 0.1) is 0 Å². The van der Waals surface area contributed by atoms with Crippen LogP contribution in [0.25, 0.3) is 22.3 Å². The highest BCUT2D eigenvalue weighted by Gasteiger charge is 2.17. The monoisotopic (exact) mass is 567 g/mol. The highest BCUT2D eigenvalue weighted by atomic mass is 16.2. The molecule has 1 aromatic heterocycles. The molecule has 0 aliphatic heterocycles. The largest absolute Gasteiger partial charge is 0.330 e. The molecule has 0 aliphatic rings. The Balaban J connectivity index is 1.25. The van der Waals surface area contributed by atoms with Crippen LogP contribution >= 0.6 is 0 Å². The normalized spacial score (nSPS) is 10.9. The third kappa shape index (κ3) is 8.73. The molecule has 0 saturated carbocycles. The summed E-state index contributed by atoms with van der Waals surface area (Å²) < 4.78 is 0. The first-order valence-electron chi connectivity index (χ1n) is 15.4. The Hall–Kier alpha value is -4.54. The van der Waals surface area contributed by atoms with Crippen molar-refractivity contribution in [1.82, 2.24) is 15.2 Å². The van der Waals surface area contributed by atoms with Gasteiger partial charge < -0.3 is 10.2 Å². The maximum Gasteiger partial charge on any atom is 0.254 e. The maximum absolute atomic E-state index is 13.8. The van der Waals surface area contributed by atoms with E-state index in [1.165, 1.54) is 42.4 Å². The first-order chi connectivity index (χ1) is 21.2. The van der Waals surface area contributed by atoms with Crippen LogP contribution in [0.4, 0.5) is 0 Å². The van der Waals surface area contributed by atoms with Crippen molar-refractivity contribution < 1.29 is 4.79 Å². The summed E-state index contributed by atoms with van der Waals surface area (Å²) in [5.41, 5.74) is 8.67. The Morgan fingerprint density at radius 3 is 1.86 bits per heavy atom. The van der Waals surface area contributed by atoms with Crippen LogP contribution in [0.5, 0.6) is 0 Å². The molecule has 218 valence electrons. The smallest absolute Gasteiger partial charge is 0.254 e. The molecule has 0 unspecified atom stereocenters. The van der Waals surface area contributed by atoms with E-state index in [4.69, 9.17) is 0 Å². The van der Waals surface area contributed by atoms with Gasteiger partial charge in [-0.2, -0.15) is 0 Å². The number of aromatic nitrogens is 1. The lowest BCUT2D eigenvalue weighted by molar-refractivity contribution is 0.0730. The number of carbonyl (C=O) groups is 1. The first-order valence-corrected chi connectivity index (χ1v) is 15.4. The van der Waals surface area contributed by atoms with Crippen LogP contribution in [0.1, 0.15) is 59.7 Å². The molecule has 43 heavy (non-hydrogen) atoms. The summed E-state index contributed by atoms with van der Waals surface area (Å²) in [6, 6.07) is 39.4. The quantitative estimate of drug-likeness (QED) is 0.136. The molecule has 0 radical (unpaired) electrons. The lowest BCUT2D eigenvalue weighted by atomic mass is 10.0. The number of nitrogens with zero attached hydrogens (tertiary/aromatic N) is 2. The highest BCUT2D eigenvalue weighted by molar-refractivity contribution is 5.94. The zero-order valence-corrected chi connectivity index (χ0v) is 25.1. The molecule has 1 heterocycles. The van der Waals surface area contributed by atoms with Crippen LogP contribution in [0.2, 0.25) is 0 Å². The van der Waals surface area contributed by atoms with Crippen LogP contribution in [-0.4, -0.2) is 22.3 Å². The van der Waals surface area contributed by atoms with Crippen molar-refractivity contribution in [2.45, 2.75) is 52.2 Å². The van der Waals surface area contributed by atoms with E-state index in [0.717, 1.165) is 35.3 Å². The van der Waals surface area contributed by atoms with E-state index < -0.39 is 0 Å². The number of carbonyl (C=O) groups excluding carboxylic acids is 1. The SMILES string of the molecule is CCCCCCNCc1ccc(-c2ccc(CN(Cc3cccnc3)C(=O)c3ccc(-c4ccccc4)cc3)cc2)cc1. The van der Waals surface area contributed by atoms with E-state index in [-0.39, 0.29) is 5.91 Å². The van der Waals surface area contributed by atoms with E-state index in [1.54, 1.807) is 6.20 Å². The summed E-state index contributed by atoms with van der Waals surface area (Å²) in [4.78, 5) is 19.9. The van der Waals surface area contributed by atoms with Gasteiger partial charge in [-0.15, -0.1) is 0 Å². The van der Waals surface area contributed by atoms with Gasteiger partial charge >= 0.3 is 0 Å². The Morgan fingerprint density at radius 1 is 0.628 bits per heavy atom. The molecule has 0 saturated heterocycles. The number of hydrogen-bond acceptors (Lipinski definition) is 3. The summed E-state index contributed by atoms with van der Waals surface area (Å²) in [6.07, 6.45) is 8.72. The van der Waals surface area contributed by atoms with Crippen molar-refractivity contribution in [2.75, 3.05) is 6.54 Å². The minimum Gasteiger partial charge on any atom is -0.330 e.